The highest BCUT2D eigenvalue weighted by Gasteiger charge is 2.62. The molecular formula is C6H6F5O5S-. The molecule has 0 saturated heterocycles. The van der Waals surface area contributed by atoms with E-state index in [9.17, 15) is 39.7 Å². The Morgan fingerprint density at radius 1 is 1.29 bits per heavy atom. The summed E-state index contributed by atoms with van der Waals surface area (Å²) in [6.45, 7) is 1.000. The first-order chi connectivity index (χ1) is 7.34. The van der Waals surface area contributed by atoms with E-state index in [1.54, 1.807) is 0 Å². The van der Waals surface area contributed by atoms with Gasteiger partial charge in [0.25, 0.3) is 6.10 Å². The van der Waals surface area contributed by atoms with Crippen molar-refractivity contribution < 1.29 is 44.5 Å². The van der Waals surface area contributed by atoms with Crippen molar-refractivity contribution in [2.24, 2.45) is 0 Å². The van der Waals surface area contributed by atoms with E-state index in [1.807, 2.05) is 0 Å². The van der Waals surface area contributed by atoms with Gasteiger partial charge in [0.15, 0.2) is 10.1 Å². The van der Waals surface area contributed by atoms with Gasteiger partial charge in [-0.25, -0.2) is 8.42 Å². The van der Waals surface area contributed by atoms with Gasteiger partial charge in [-0.2, -0.15) is 22.0 Å². The van der Waals surface area contributed by atoms with Crippen molar-refractivity contribution in [2.75, 3.05) is 0 Å². The molecule has 0 N–H and O–H groups in total. The zero-order valence-corrected chi connectivity index (χ0v) is 8.94. The summed E-state index contributed by atoms with van der Waals surface area (Å²) in [5, 5.41) is -5.78. The van der Waals surface area contributed by atoms with Crippen LogP contribution in [0.25, 0.3) is 0 Å². The molecule has 0 aromatic rings. The van der Waals surface area contributed by atoms with Crippen LogP contribution in [-0.4, -0.2) is 36.5 Å². The number of rotatable bonds is 4. The summed E-state index contributed by atoms with van der Waals surface area (Å²) in [5.74, 6) is -1.71. The highest BCUT2D eigenvalue weighted by Crippen LogP contribution is 2.37. The topological polar surface area (TPSA) is 83.5 Å². The number of alkyl halides is 5. The van der Waals surface area contributed by atoms with Crippen LogP contribution < -0.4 is 0 Å². The fraction of sp³-hybridized carbons (Fsp3) is 0.833. The van der Waals surface area contributed by atoms with E-state index in [1.165, 1.54) is 0 Å². The van der Waals surface area contributed by atoms with Gasteiger partial charge in [-0.1, -0.05) is 6.92 Å². The van der Waals surface area contributed by atoms with Crippen molar-refractivity contribution >= 4 is 16.1 Å². The Kier molecular flexibility index (Phi) is 4.45. The summed E-state index contributed by atoms with van der Waals surface area (Å²) < 4.78 is 94.9. The van der Waals surface area contributed by atoms with E-state index in [2.05, 4.69) is 4.74 Å². The maximum Gasteiger partial charge on any atom is 0.432 e. The number of esters is 1. The van der Waals surface area contributed by atoms with Gasteiger partial charge in [0.05, 0.1) is 0 Å². The van der Waals surface area contributed by atoms with Crippen LogP contribution >= 0.6 is 0 Å². The average molecular weight is 285 g/mol. The lowest BCUT2D eigenvalue weighted by atomic mass is 10.3. The molecule has 0 aromatic carbocycles. The Morgan fingerprint density at radius 2 is 1.71 bits per heavy atom. The molecule has 0 fully saturated rings. The Hall–Kier alpha value is -0.970. The molecule has 0 bridgehead atoms. The molecule has 0 saturated carbocycles. The predicted molar refractivity (Wildman–Crippen MR) is 40.9 cm³/mol. The lowest BCUT2D eigenvalue weighted by molar-refractivity contribution is -0.259. The molecule has 102 valence electrons. The Labute approximate surface area is 92.3 Å². The van der Waals surface area contributed by atoms with Crippen LogP contribution in [0.1, 0.15) is 13.3 Å². The molecule has 0 aliphatic carbocycles. The molecule has 11 heteroatoms. The molecule has 1 atom stereocenters. The number of carbonyl (C=O) groups is 1. The molecule has 0 amide bonds. The number of halogens is 5. The monoisotopic (exact) mass is 285 g/mol. The van der Waals surface area contributed by atoms with Crippen LogP contribution in [0.15, 0.2) is 0 Å². The Balaban J connectivity index is 5.43. The lowest BCUT2D eigenvalue weighted by Crippen LogP contribution is -2.52. The van der Waals surface area contributed by atoms with E-state index in [0.29, 0.717) is 0 Å². The van der Waals surface area contributed by atoms with Crippen molar-refractivity contribution in [2.45, 2.75) is 30.9 Å². The highest BCUT2D eigenvalue weighted by molar-refractivity contribution is 7.86. The van der Waals surface area contributed by atoms with Gasteiger partial charge in [-0.15, -0.1) is 0 Å². The Morgan fingerprint density at radius 3 is 1.94 bits per heavy atom. The van der Waals surface area contributed by atoms with Crippen LogP contribution in [-0.2, 0) is 19.6 Å². The molecule has 0 heterocycles. The van der Waals surface area contributed by atoms with E-state index in [0.717, 1.165) is 6.92 Å². The quantitative estimate of drug-likeness (QED) is 0.437. The molecule has 0 aromatic heterocycles. The summed E-state index contributed by atoms with van der Waals surface area (Å²) in [7, 11) is -6.62. The number of carbonyl (C=O) groups excluding carboxylic acids is 1. The second-order valence-corrected chi connectivity index (χ2v) is 4.23. The number of hydrogen-bond acceptors (Lipinski definition) is 5. The first-order valence-electron chi connectivity index (χ1n) is 3.93. The van der Waals surface area contributed by atoms with Gasteiger partial charge in [0, 0.05) is 6.42 Å². The van der Waals surface area contributed by atoms with Crippen LogP contribution in [0.2, 0.25) is 0 Å². The minimum Gasteiger partial charge on any atom is -0.743 e. The molecular weight excluding hydrogens is 279 g/mol. The summed E-state index contributed by atoms with van der Waals surface area (Å²) in [4.78, 5) is 10.5. The summed E-state index contributed by atoms with van der Waals surface area (Å²) >= 11 is 0. The van der Waals surface area contributed by atoms with Crippen molar-refractivity contribution in [3.63, 3.8) is 0 Å². The van der Waals surface area contributed by atoms with Crippen LogP contribution in [0.4, 0.5) is 22.0 Å². The van der Waals surface area contributed by atoms with Crippen LogP contribution in [0.3, 0.4) is 0 Å². The van der Waals surface area contributed by atoms with Gasteiger partial charge in [0.2, 0.25) is 0 Å². The van der Waals surface area contributed by atoms with Crippen LogP contribution in [0, 0.1) is 0 Å². The minimum absolute atomic E-state index is 0.693. The number of hydrogen-bond donors (Lipinski definition) is 0. The first kappa shape index (κ1) is 16.0. The summed E-state index contributed by atoms with van der Waals surface area (Å²) in [6.07, 6.45) is -10.9. The number of ether oxygens (including phenoxy) is 1. The van der Waals surface area contributed by atoms with Crippen molar-refractivity contribution in [3.8, 4) is 0 Å². The highest BCUT2D eigenvalue weighted by atomic mass is 32.2. The van der Waals surface area contributed by atoms with Gasteiger partial charge >= 0.3 is 17.4 Å². The third-order valence-electron chi connectivity index (χ3n) is 1.47. The zero-order chi connectivity index (χ0) is 14.1. The molecule has 0 rings (SSSR count). The largest absolute Gasteiger partial charge is 0.743 e. The van der Waals surface area contributed by atoms with Gasteiger partial charge in [-0.05, 0) is 0 Å². The van der Waals surface area contributed by atoms with Crippen molar-refractivity contribution in [1.29, 1.82) is 0 Å². The van der Waals surface area contributed by atoms with E-state index in [4.69, 9.17) is 0 Å². The molecule has 0 aliphatic rings. The smallest absolute Gasteiger partial charge is 0.432 e. The van der Waals surface area contributed by atoms with Gasteiger partial charge in [-0.3, -0.25) is 4.79 Å². The van der Waals surface area contributed by atoms with E-state index < -0.39 is 40.0 Å². The fourth-order valence-corrected chi connectivity index (χ4v) is 1.12. The molecule has 1 unspecified atom stereocenters. The van der Waals surface area contributed by atoms with Crippen molar-refractivity contribution in [1.82, 2.24) is 0 Å². The third kappa shape index (κ3) is 3.77. The lowest BCUT2D eigenvalue weighted by Gasteiger charge is -2.29. The summed E-state index contributed by atoms with van der Waals surface area (Å²) in [6, 6.07) is 0. The molecule has 5 nitrogen and oxygen atoms in total. The maximum absolute atomic E-state index is 12.7. The second kappa shape index (κ2) is 4.72. The zero-order valence-electron chi connectivity index (χ0n) is 8.12. The van der Waals surface area contributed by atoms with Gasteiger partial charge in [0.1, 0.15) is 0 Å². The average Bonchev–Trinajstić information content (AvgIpc) is 2.09. The Bertz CT molecular complexity index is 386. The summed E-state index contributed by atoms with van der Waals surface area (Å²) in [5.41, 5.74) is 0. The van der Waals surface area contributed by atoms with E-state index in [-0.39, 0.29) is 0 Å². The van der Waals surface area contributed by atoms with E-state index >= 15 is 0 Å². The molecule has 0 radical (unpaired) electrons. The molecule has 0 aliphatic heterocycles. The third-order valence-corrected chi connectivity index (χ3v) is 2.35. The molecule has 0 spiro atoms. The standard InChI is InChI=1S/C6H7F5O5S/c1-2-3(12)16-4(5(7,8)9)6(10,11)17(13,14)15/h4H,2H2,1H3,(H,13,14,15)/p-1. The normalized spacial score (nSPS) is 15.5. The second-order valence-electron chi connectivity index (χ2n) is 2.78. The minimum atomic E-state index is -6.62. The SMILES string of the molecule is CCC(=O)OC(C(F)(F)F)C(F)(F)S(=O)(=O)[O-]. The molecule has 17 heavy (non-hydrogen) atoms. The predicted octanol–water partition coefficient (Wildman–Crippen LogP) is 1.01. The van der Waals surface area contributed by atoms with Crippen molar-refractivity contribution in [3.05, 3.63) is 0 Å². The fourth-order valence-electron chi connectivity index (χ4n) is 0.672. The van der Waals surface area contributed by atoms with Crippen LogP contribution in [0.5, 0.6) is 0 Å². The first-order valence-corrected chi connectivity index (χ1v) is 5.34. The maximum atomic E-state index is 12.7. The van der Waals surface area contributed by atoms with Gasteiger partial charge < -0.3 is 9.29 Å².